The Labute approximate surface area is 248 Å². The fourth-order valence-electron chi connectivity index (χ4n) is 4.81. The van der Waals surface area contributed by atoms with E-state index < -0.39 is 48.1 Å². The largest absolute Gasteiger partial charge is 0.494 e. The number of pyridine rings is 1. The van der Waals surface area contributed by atoms with Crippen LogP contribution in [0.4, 0.5) is 17.6 Å². The van der Waals surface area contributed by atoms with Gasteiger partial charge in [-0.1, -0.05) is 0 Å². The second-order valence-electron chi connectivity index (χ2n) is 10.4. The second kappa shape index (κ2) is 11.8. The molecular weight excluding hydrogens is 586 g/mol. The fraction of sp³-hybridized carbons (Fsp3) is 0.333. The van der Waals surface area contributed by atoms with Gasteiger partial charge >= 0.3 is 6.18 Å². The van der Waals surface area contributed by atoms with Crippen LogP contribution >= 0.6 is 0 Å². The first-order chi connectivity index (χ1) is 20.8. The van der Waals surface area contributed by atoms with Crippen molar-refractivity contribution in [3.8, 4) is 22.8 Å². The highest BCUT2D eigenvalue weighted by molar-refractivity contribution is 6.00. The van der Waals surface area contributed by atoms with Crippen molar-refractivity contribution in [3.63, 3.8) is 0 Å². The minimum atomic E-state index is -5.35. The fourth-order valence-corrected chi connectivity index (χ4v) is 4.81. The lowest BCUT2D eigenvalue weighted by molar-refractivity contribution is -0.265. The Morgan fingerprint density at radius 1 is 1.16 bits per heavy atom. The second-order valence-corrected chi connectivity index (χ2v) is 10.4. The van der Waals surface area contributed by atoms with Gasteiger partial charge in [0.25, 0.3) is 5.91 Å². The zero-order chi connectivity index (χ0) is 31.8. The van der Waals surface area contributed by atoms with Gasteiger partial charge in [0.1, 0.15) is 28.5 Å². The van der Waals surface area contributed by atoms with Crippen molar-refractivity contribution in [2.24, 2.45) is 5.73 Å². The molecule has 0 spiro atoms. The van der Waals surface area contributed by atoms with E-state index in [1.54, 1.807) is 17.8 Å². The third-order valence-electron chi connectivity index (χ3n) is 7.21. The summed E-state index contributed by atoms with van der Waals surface area (Å²) in [5.41, 5.74) is 1.09. The molecule has 1 atom stereocenters. The molecule has 0 aliphatic heterocycles. The SMILES string of the molecule is CCOc1c(CC(N)=O)cc([C@@](O)(CNC(=O)c2cc(OC)c3nn(C4CC4)cc3c2)C(F)(F)F)nc1-c1ccc(F)cc1. The molecule has 14 heteroatoms. The highest BCUT2D eigenvalue weighted by Gasteiger charge is 2.56. The third kappa shape index (κ3) is 6.02. The van der Waals surface area contributed by atoms with Crippen LogP contribution in [0.15, 0.2) is 48.7 Å². The number of alkyl halides is 3. The van der Waals surface area contributed by atoms with E-state index in [1.807, 2.05) is 0 Å². The number of fused-ring (bicyclic) bond motifs is 1. The first-order valence-corrected chi connectivity index (χ1v) is 13.7. The van der Waals surface area contributed by atoms with Crippen molar-refractivity contribution in [3.05, 3.63) is 71.3 Å². The molecule has 2 heterocycles. The molecule has 5 rings (SSSR count). The molecule has 44 heavy (non-hydrogen) atoms. The summed E-state index contributed by atoms with van der Waals surface area (Å²) in [5, 5.41) is 18.4. The highest BCUT2D eigenvalue weighted by atomic mass is 19.4. The van der Waals surface area contributed by atoms with Crippen LogP contribution < -0.4 is 20.5 Å². The van der Waals surface area contributed by atoms with Gasteiger partial charge in [-0.15, -0.1) is 0 Å². The minimum absolute atomic E-state index is 0.0182. The maximum Gasteiger partial charge on any atom is 0.424 e. The summed E-state index contributed by atoms with van der Waals surface area (Å²) < 4.78 is 70.3. The van der Waals surface area contributed by atoms with Crippen LogP contribution in [0, 0.1) is 5.82 Å². The Bertz CT molecular complexity index is 1720. The van der Waals surface area contributed by atoms with Crippen LogP contribution in [-0.4, -0.2) is 58.1 Å². The summed E-state index contributed by atoms with van der Waals surface area (Å²) in [4.78, 5) is 29.1. The topological polar surface area (TPSA) is 142 Å². The maximum absolute atomic E-state index is 14.6. The lowest BCUT2D eigenvalue weighted by Gasteiger charge is -2.31. The molecule has 232 valence electrons. The van der Waals surface area contributed by atoms with E-state index in [9.17, 15) is 32.3 Å². The van der Waals surface area contributed by atoms with Crippen LogP contribution in [0.3, 0.4) is 0 Å². The van der Waals surface area contributed by atoms with Crippen molar-refractivity contribution in [2.75, 3.05) is 20.3 Å². The number of carbonyl (C=O) groups is 2. The lowest BCUT2D eigenvalue weighted by Crippen LogP contribution is -2.51. The maximum atomic E-state index is 14.6. The van der Waals surface area contributed by atoms with Crippen LogP contribution in [0.5, 0.6) is 11.5 Å². The number of nitrogens with zero attached hydrogens (tertiary/aromatic N) is 3. The minimum Gasteiger partial charge on any atom is -0.494 e. The normalized spacial score (nSPS) is 14.7. The van der Waals surface area contributed by atoms with Crippen molar-refractivity contribution in [2.45, 2.75) is 44.0 Å². The van der Waals surface area contributed by atoms with Crippen molar-refractivity contribution in [1.29, 1.82) is 0 Å². The molecule has 1 aliphatic carbocycles. The van der Waals surface area contributed by atoms with Crippen molar-refractivity contribution in [1.82, 2.24) is 20.1 Å². The average Bonchev–Trinajstić information content (AvgIpc) is 3.74. The van der Waals surface area contributed by atoms with E-state index in [4.69, 9.17) is 15.2 Å². The predicted molar refractivity (Wildman–Crippen MR) is 151 cm³/mol. The van der Waals surface area contributed by atoms with Crippen LogP contribution in [-0.2, 0) is 16.8 Å². The number of aliphatic hydroxyl groups is 1. The van der Waals surface area contributed by atoms with Gasteiger partial charge in [-0.3, -0.25) is 14.3 Å². The molecule has 1 saturated carbocycles. The Balaban J connectivity index is 1.54. The molecule has 2 aromatic heterocycles. The van der Waals surface area contributed by atoms with E-state index in [0.717, 1.165) is 31.0 Å². The number of carbonyl (C=O) groups excluding carboxylic acids is 2. The van der Waals surface area contributed by atoms with Gasteiger partial charge < -0.3 is 25.6 Å². The van der Waals surface area contributed by atoms with Gasteiger partial charge in [0.15, 0.2) is 0 Å². The first kappa shape index (κ1) is 30.7. The summed E-state index contributed by atoms with van der Waals surface area (Å²) in [6.07, 6.45) is -2.24. The molecule has 2 aromatic carbocycles. The van der Waals surface area contributed by atoms with Gasteiger partial charge in [-0.25, -0.2) is 9.37 Å². The number of ether oxygens (including phenoxy) is 2. The highest BCUT2D eigenvalue weighted by Crippen LogP contribution is 2.42. The number of rotatable bonds is 11. The Morgan fingerprint density at radius 2 is 1.86 bits per heavy atom. The summed E-state index contributed by atoms with van der Waals surface area (Å²) >= 11 is 0. The number of nitrogens with one attached hydrogen (secondary N) is 1. The Kier molecular flexibility index (Phi) is 8.21. The zero-order valence-electron chi connectivity index (χ0n) is 23.7. The first-order valence-electron chi connectivity index (χ1n) is 13.7. The van der Waals surface area contributed by atoms with Crippen molar-refractivity contribution >= 4 is 22.7 Å². The zero-order valence-corrected chi connectivity index (χ0v) is 23.7. The standard InChI is InChI=1S/C30H29F4N5O5/c1-3-44-27-17(13-24(35)40)12-23(37-26(27)16-4-6-20(31)7-5-16)29(42,30(32,33)34)15-36-28(41)18-10-19-14-39(21-8-9-21)38-25(19)22(11-18)43-2/h4-7,10-12,14,21,42H,3,8-9,13,15H2,1-2H3,(H2,35,40)(H,36,41)/t29-/m0/s1. The van der Waals surface area contributed by atoms with Crippen molar-refractivity contribution < 1.29 is 41.7 Å². The van der Waals surface area contributed by atoms with Crippen LogP contribution in [0.1, 0.15) is 47.4 Å². The molecular formula is C30H29F4N5O5. The molecule has 0 radical (unpaired) electrons. The average molecular weight is 616 g/mol. The molecule has 0 bridgehead atoms. The van der Waals surface area contributed by atoms with Gasteiger partial charge in [0.2, 0.25) is 11.5 Å². The number of methoxy groups -OCH3 is 1. The lowest BCUT2D eigenvalue weighted by atomic mass is 9.93. The molecule has 0 unspecified atom stereocenters. The van der Waals surface area contributed by atoms with E-state index in [0.29, 0.717) is 10.9 Å². The van der Waals surface area contributed by atoms with E-state index in [-0.39, 0.29) is 46.5 Å². The smallest absolute Gasteiger partial charge is 0.424 e. The number of aromatic nitrogens is 3. The third-order valence-corrected chi connectivity index (χ3v) is 7.21. The van der Waals surface area contributed by atoms with Gasteiger partial charge in [-0.05, 0) is 62.2 Å². The molecule has 2 amide bonds. The molecule has 4 aromatic rings. The molecule has 10 nitrogen and oxygen atoms in total. The molecule has 4 N–H and O–H groups in total. The van der Waals surface area contributed by atoms with Gasteiger partial charge in [0, 0.05) is 28.3 Å². The van der Waals surface area contributed by atoms with E-state index >= 15 is 0 Å². The Morgan fingerprint density at radius 3 is 2.45 bits per heavy atom. The van der Waals surface area contributed by atoms with E-state index in [2.05, 4.69) is 15.4 Å². The molecule has 0 saturated heterocycles. The number of nitrogens with two attached hydrogens (primary N) is 1. The number of primary amides is 1. The van der Waals surface area contributed by atoms with Crippen LogP contribution in [0.25, 0.3) is 22.2 Å². The monoisotopic (exact) mass is 615 g/mol. The number of benzene rings is 2. The van der Waals surface area contributed by atoms with Gasteiger partial charge in [-0.2, -0.15) is 18.3 Å². The molecule has 1 fully saturated rings. The summed E-state index contributed by atoms with van der Waals surface area (Å²) in [6, 6.07) is 8.60. The number of hydrogen-bond acceptors (Lipinski definition) is 7. The molecule has 1 aliphatic rings. The number of amides is 2. The predicted octanol–water partition coefficient (Wildman–Crippen LogP) is 4.19. The van der Waals surface area contributed by atoms with E-state index in [1.165, 1.54) is 31.4 Å². The Hall–Kier alpha value is -4.72. The van der Waals surface area contributed by atoms with Gasteiger partial charge in [0.05, 0.1) is 38.4 Å². The quantitative estimate of drug-likeness (QED) is 0.215. The number of halogens is 4. The number of hydrogen-bond donors (Lipinski definition) is 3. The van der Waals surface area contributed by atoms with Crippen LogP contribution in [0.2, 0.25) is 0 Å². The summed E-state index contributed by atoms with van der Waals surface area (Å²) in [6.45, 7) is 0.325. The summed E-state index contributed by atoms with van der Waals surface area (Å²) in [7, 11) is 1.38. The summed E-state index contributed by atoms with van der Waals surface area (Å²) in [5.74, 6) is -2.21.